The second-order valence-corrected chi connectivity index (χ2v) is 4.45. The molecule has 0 aromatic heterocycles. The van der Waals surface area contributed by atoms with Crippen LogP contribution < -0.4 is 5.32 Å². The molecule has 1 atom stereocenters. The van der Waals surface area contributed by atoms with Gasteiger partial charge >= 0.3 is 0 Å². The monoisotopic (exact) mass is 263 g/mol. The van der Waals surface area contributed by atoms with Crippen molar-refractivity contribution in [1.82, 2.24) is 5.32 Å². The number of hydrogen-bond acceptors (Lipinski definition) is 2. The Kier molecular flexibility index (Phi) is 4.12. The maximum absolute atomic E-state index is 13.0. The van der Waals surface area contributed by atoms with Crippen molar-refractivity contribution < 1.29 is 13.9 Å². The summed E-state index contributed by atoms with van der Waals surface area (Å²) in [6.07, 6.45) is 0. The first kappa shape index (κ1) is 13.5. The normalized spacial score (nSPS) is 12.4. The van der Waals surface area contributed by atoms with E-state index in [2.05, 4.69) is 5.32 Å². The van der Waals surface area contributed by atoms with Crippen molar-refractivity contribution in [2.24, 2.45) is 0 Å². The Morgan fingerprint density at radius 3 is 2.58 bits per heavy atom. The molecule has 0 aliphatic rings. The van der Waals surface area contributed by atoms with Gasteiger partial charge in [-0.1, -0.05) is 18.2 Å². The molecule has 0 heterocycles. The predicted octanol–water partition coefficient (Wildman–Crippen LogP) is 3.52. The molecule has 4 heteroatoms. The summed E-state index contributed by atoms with van der Waals surface area (Å²) in [6, 6.07) is 10.8. The summed E-state index contributed by atoms with van der Waals surface area (Å²) < 4.78 is 25.8. The van der Waals surface area contributed by atoms with Gasteiger partial charge in [-0.2, -0.15) is 0 Å². The summed E-state index contributed by atoms with van der Waals surface area (Å²) in [5, 5.41) is 12.6. The number of aromatic hydroxyl groups is 1. The molecule has 1 unspecified atom stereocenters. The summed E-state index contributed by atoms with van der Waals surface area (Å²) in [4.78, 5) is 0. The zero-order valence-electron chi connectivity index (χ0n) is 10.5. The van der Waals surface area contributed by atoms with Gasteiger partial charge in [-0.05, 0) is 42.3 Å². The van der Waals surface area contributed by atoms with Crippen LogP contribution in [0.4, 0.5) is 8.78 Å². The standard InChI is InChI=1S/C15H15F2NO/c1-10(12-3-2-4-13(19)8-12)18-9-11-5-6-14(16)15(17)7-11/h2-8,10,18-19H,9H2,1H3. The number of halogens is 2. The highest BCUT2D eigenvalue weighted by atomic mass is 19.2. The first-order chi connectivity index (χ1) is 9.06. The second kappa shape index (κ2) is 5.80. The molecule has 0 radical (unpaired) electrons. The van der Waals surface area contributed by atoms with Crippen molar-refractivity contribution in [2.75, 3.05) is 0 Å². The average molecular weight is 263 g/mol. The van der Waals surface area contributed by atoms with Crippen LogP contribution in [0.1, 0.15) is 24.1 Å². The summed E-state index contributed by atoms with van der Waals surface area (Å²) >= 11 is 0. The molecule has 19 heavy (non-hydrogen) atoms. The van der Waals surface area contributed by atoms with E-state index in [4.69, 9.17) is 0 Å². The lowest BCUT2D eigenvalue weighted by Gasteiger charge is -2.14. The molecule has 0 aliphatic heterocycles. The molecule has 0 bridgehead atoms. The molecule has 2 rings (SSSR count). The Morgan fingerprint density at radius 2 is 1.89 bits per heavy atom. The minimum atomic E-state index is -0.843. The van der Waals surface area contributed by atoms with Gasteiger partial charge in [0.1, 0.15) is 5.75 Å². The lowest BCUT2D eigenvalue weighted by atomic mass is 10.1. The van der Waals surface area contributed by atoms with E-state index in [1.807, 2.05) is 13.0 Å². The highest BCUT2D eigenvalue weighted by Gasteiger charge is 2.07. The molecule has 0 spiro atoms. The topological polar surface area (TPSA) is 32.3 Å². The molecule has 0 saturated carbocycles. The third kappa shape index (κ3) is 3.51. The molecule has 0 amide bonds. The van der Waals surface area contributed by atoms with E-state index >= 15 is 0 Å². The molecule has 2 aromatic carbocycles. The average Bonchev–Trinajstić information content (AvgIpc) is 2.40. The van der Waals surface area contributed by atoms with Crippen molar-refractivity contribution in [3.05, 3.63) is 65.2 Å². The number of phenolic OH excluding ortho intramolecular Hbond substituents is 1. The molecule has 2 N–H and O–H groups in total. The van der Waals surface area contributed by atoms with E-state index in [1.165, 1.54) is 6.07 Å². The molecule has 0 fully saturated rings. The fourth-order valence-electron chi connectivity index (χ4n) is 1.83. The van der Waals surface area contributed by atoms with Crippen LogP contribution in [0, 0.1) is 11.6 Å². The smallest absolute Gasteiger partial charge is 0.159 e. The largest absolute Gasteiger partial charge is 0.508 e. The Hall–Kier alpha value is -1.94. The lowest BCUT2D eigenvalue weighted by molar-refractivity contribution is 0.472. The molecule has 100 valence electrons. The minimum absolute atomic E-state index is 0.000198. The molecule has 2 nitrogen and oxygen atoms in total. The van der Waals surface area contributed by atoms with Gasteiger partial charge in [-0.15, -0.1) is 0 Å². The van der Waals surface area contributed by atoms with Crippen LogP contribution in [0.2, 0.25) is 0 Å². The molecular formula is C15H15F2NO. The van der Waals surface area contributed by atoms with Gasteiger partial charge in [-0.3, -0.25) is 0 Å². The highest BCUT2D eigenvalue weighted by molar-refractivity contribution is 5.29. The summed E-state index contributed by atoms with van der Waals surface area (Å²) in [6.45, 7) is 2.36. The number of benzene rings is 2. The van der Waals surface area contributed by atoms with Crippen LogP contribution in [-0.2, 0) is 6.54 Å². The predicted molar refractivity (Wildman–Crippen MR) is 69.7 cm³/mol. The van der Waals surface area contributed by atoms with Gasteiger partial charge in [0, 0.05) is 12.6 Å². The van der Waals surface area contributed by atoms with Gasteiger partial charge in [0.15, 0.2) is 11.6 Å². The number of nitrogens with one attached hydrogen (secondary N) is 1. The fraction of sp³-hybridized carbons (Fsp3) is 0.200. The third-order valence-electron chi connectivity index (χ3n) is 2.97. The number of phenols is 1. The van der Waals surface area contributed by atoms with E-state index in [1.54, 1.807) is 24.3 Å². The van der Waals surface area contributed by atoms with E-state index in [-0.39, 0.29) is 11.8 Å². The van der Waals surface area contributed by atoms with Crippen LogP contribution in [0.3, 0.4) is 0 Å². The van der Waals surface area contributed by atoms with Crippen LogP contribution in [0.25, 0.3) is 0 Å². The van der Waals surface area contributed by atoms with E-state index in [9.17, 15) is 13.9 Å². The summed E-state index contributed by atoms with van der Waals surface area (Å²) in [5.41, 5.74) is 1.61. The van der Waals surface area contributed by atoms with Crippen LogP contribution in [0.5, 0.6) is 5.75 Å². The Balaban J connectivity index is 2.00. The van der Waals surface area contributed by atoms with Crippen molar-refractivity contribution in [3.8, 4) is 5.75 Å². The van der Waals surface area contributed by atoms with Crippen LogP contribution in [-0.4, -0.2) is 5.11 Å². The molecule has 2 aromatic rings. The quantitative estimate of drug-likeness (QED) is 0.884. The molecule has 0 saturated heterocycles. The zero-order chi connectivity index (χ0) is 13.8. The van der Waals surface area contributed by atoms with Gasteiger partial charge in [-0.25, -0.2) is 8.78 Å². The van der Waals surface area contributed by atoms with Crippen LogP contribution >= 0.6 is 0 Å². The Labute approximate surface area is 110 Å². The number of hydrogen-bond donors (Lipinski definition) is 2. The van der Waals surface area contributed by atoms with Crippen LogP contribution in [0.15, 0.2) is 42.5 Å². The van der Waals surface area contributed by atoms with Crippen molar-refractivity contribution in [1.29, 1.82) is 0 Å². The SMILES string of the molecule is CC(NCc1ccc(F)c(F)c1)c1cccc(O)c1. The maximum atomic E-state index is 13.0. The number of rotatable bonds is 4. The third-order valence-corrected chi connectivity index (χ3v) is 2.97. The Morgan fingerprint density at radius 1 is 1.11 bits per heavy atom. The molecular weight excluding hydrogens is 248 g/mol. The lowest BCUT2D eigenvalue weighted by Crippen LogP contribution is -2.18. The van der Waals surface area contributed by atoms with Crippen molar-refractivity contribution in [3.63, 3.8) is 0 Å². The summed E-state index contributed by atoms with van der Waals surface area (Å²) in [5.74, 6) is -1.48. The first-order valence-corrected chi connectivity index (χ1v) is 6.02. The van der Waals surface area contributed by atoms with Gasteiger partial charge < -0.3 is 10.4 Å². The van der Waals surface area contributed by atoms with E-state index < -0.39 is 11.6 Å². The van der Waals surface area contributed by atoms with E-state index in [0.29, 0.717) is 12.1 Å². The first-order valence-electron chi connectivity index (χ1n) is 6.02. The maximum Gasteiger partial charge on any atom is 0.159 e. The zero-order valence-corrected chi connectivity index (χ0v) is 10.5. The second-order valence-electron chi connectivity index (χ2n) is 4.45. The van der Waals surface area contributed by atoms with Crippen molar-refractivity contribution >= 4 is 0 Å². The summed E-state index contributed by atoms with van der Waals surface area (Å²) in [7, 11) is 0. The van der Waals surface area contributed by atoms with E-state index in [0.717, 1.165) is 11.6 Å². The van der Waals surface area contributed by atoms with Gasteiger partial charge in [0.05, 0.1) is 0 Å². The minimum Gasteiger partial charge on any atom is -0.508 e. The fourth-order valence-corrected chi connectivity index (χ4v) is 1.83. The highest BCUT2D eigenvalue weighted by Crippen LogP contribution is 2.18. The molecule has 0 aliphatic carbocycles. The van der Waals surface area contributed by atoms with Crippen molar-refractivity contribution in [2.45, 2.75) is 19.5 Å². The van der Waals surface area contributed by atoms with Gasteiger partial charge in [0.25, 0.3) is 0 Å². The van der Waals surface area contributed by atoms with Gasteiger partial charge in [0.2, 0.25) is 0 Å². The Bertz CT molecular complexity index is 572.